The van der Waals surface area contributed by atoms with Crippen LogP contribution in [0.25, 0.3) is 0 Å². The van der Waals surface area contributed by atoms with Crippen molar-refractivity contribution in [3.8, 4) is 5.75 Å². The summed E-state index contributed by atoms with van der Waals surface area (Å²) in [7, 11) is 0. The van der Waals surface area contributed by atoms with Gasteiger partial charge in [-0.25, -0.2) is 4.79 Å². The monoisotopic (exact) mass is 552 g/mol. The molecular weight excluding hydrogens is 512 g/mol. The standard InChI is InChI=1S/C30H40N4O6/c1-17-9-7-10-18(2)25(17)33-27(37)26(20-13-14-23(35)19(3)15-20)34(21-11-8-12-21)28(38)22(16-24(31)36)32-29(39)40-30(4,5)6/h7,9-10,13-15,21-22,26,35H,8,11-12,16H2,1-6H3,(H2,31,36)(H,32,39)(H,33,37). The molecule has 216 valence electrons. The number of carbonyl (C=O) groups excluding carboxylic acids is 4. The van der Waals surface area contributed by atoms with E-state index in [1.807, 2.05) is 32.0 Å². The van der Waals surface area contributed by atoms with Crippen LogP contribution in [0.2, 0.25) is 0 Å². The van der Waals surface area contributed by atoms with Crippen molar-refractivity contribution in [2.24, 2.45) is 5.73 Å². The lowest BCUT2D eigenvalue weighted by atomic mass is 9.87. The van der Waals surface area contributed by atoms with Gasteiger partial charge in [-0.2, -0.15) is 0 Å². The molecule has 40 heavy (non-hydrogen) atoms. The molecular formula is C30H40N4O6. The van der Waals surface area contributed by atoms with Crippen LogP contribution in [-0.4, -0.2) is 51.5 Å². The number of hydrogen-bond acceptors (Lipinski definition) is 6. The number of anilines is 1. The maximum Gasteiger partial charge on any atom is 0.408 e. The van der Waals surface area contributed by atoms with Gasteiger partial charge in [-0.1, -0.05) is 24.3 Å². The fourth-order valence-corrected chi connectivity index (χ4v) is 4.70. The smallest absolute Gasteiger partial charge is 0.408 e. The van der Waals surface area contributed by atoms with E-state index in [1.54, 1.807) is 39.8 Å². The Hall–Kier alpha value is -4.08. The Bertz CT molecular complexity index is 1260. The summed E-state index contributed by atoms with van der Waals surface area (Å²) in [5.41, 5.74) is 7.99. The number of aryl methyl sites for hydroxylation is 3. The summed E-state index contributed by atoms with van der Waals surface area (Å²) in [6, 6.07) is 7.61. The second kappa shape index (κ2) is 12.4. The van der Waals surface area contributed by atoms with E-state index < -0.39 is 47.9 Å². The molecule has 2 unspecified atom stereocenters. The van der Waals surface area contributed by atoms with Crippen LogP contribution >= 0.6 is 0 Å². The zero-order valence-electron chi connectivity index (χ0n) is 24.0. The third-order valence-corrected chi connectivity index (χ3v) is 6.91. The van der Waals surface area contributed by atoms with E-state index in [1.165, 1.54) is 11.0 Å². The van der Waals surface area contributed by atoms with E-state index >= 15 is 0 Å². The summed E-state index contributed by atoms with van der Waals surface area (Å²) in [6.07, 6.45) is 0.796. The Morgan fingerprint density at radius 2 is 1.68 bits per heavy atom. The van der Waals surface area contributed by atoms with Crippen molar-refractivity contribution in [3.05, 3.63) is 58.7 Å². The van der Waals surface area contributed by atoms with Gasteiger partial charge in [0.05, 0.1) is 6.42 Å². The summed E-state index contributed by atoms with van der Waals surface area (Å²) >= 11 is 0. The van der Waals surface area contributed by atoms with Gasteiger partial charge in [0.25, 0.3) is 5.91 Å². The van der Waals surface area contributed by atoms with E-state index in [0.717, 1.165) is 17.5 Å². The Labute approximate surface area is 235 Å². The summed E-state index contributed by atoms with van der Waals surface area (Å²) in [4.78, 5) is 54.3. The average molecular weight is 553 g/mol. The molecule has 0 radical (unpaired) electrons. The van der Waals surface area contributed by atoms with E-state index in [4.69, 9.17) is 10.5 Å². The number of alkyl carbamates (subject to hydrolysis) is 1. The number of amides is 4. The third kappa shape index (κ3) is 7.52. The first-order valence-electron chi connectivity index (χ1n) is 13.4. The highest BCUT2D eigenvalue weighted by molar-refractivity contribution is 6.00. The molecule has 1 aliphatic rings. The maximum absolute atomic E-state index is 14.2. The molecule has 0 saturated heterocycles. The van der Waals surface area contributed by atoms with Gasteiger partial charge in [-0.05, 0) is 95.2 Å². The van der Waals surface area contributed by atoms with Crippen LogP contribution in [0.5, 0.6) is 5.75 Å². The molecule has 5 N–H and O–H groups in total. The van der Waals surface area contributed by atoms with Crippen molar-refractivity contribution in [3.63, 3.8) is 0 Å². The first-order valence-corrected chi connectivity index (χ1v) is 13.4. The van der Waals surface area contributed by atoms with E-state index in [0.29, 0.717) is 29.7 Å². The Morgan fingerprint density at radius 3 is 2.17 bits per heavy atom. The van der Waals surface area contributed by atoms with Crippen LogP contribution in [-0.2, 0) is 19.1 Å². The molecule has 0 aliphatic heterocycles. The van der Waals surface area contributed by atoms with Crippen molar-refractivity contribution < 1.29 is 29.0 Å². The Morgan fingerprint density at radius 1 is 1.05 bits per heavy atom. The van der Waals surface area contributed by atoms with Crippen LogP contribution in [0, 0.1) is 20.8 Å². The zero-order valence-corrected chi connectivity index (χ0v) is 24.0. The fourth-order valence-electron chi connectivity index (χ4n) is 4.70. The summed E-state index contributed by atoms with van der Waals surface area (Å²) in [6.45, 7) is 10.5. The Balaban J connectivity index is 2.09. The minimum atomic E-state index is -1.35. The van der Waals surface area contributed by atoms with Gasteiger partial charge >= 0.3 is 6.09 Å². The van der Waals surface area contributed by atoms with Crippen LogP contribution in [0.1, 0.15) is 74.8 Å². The molecule has 2 aromatic rings. The maximum atomic E-state index is 14.2. The molecule has 0 heterocycles. The summed E-state index contributed by atoms with van der Waals surface area (Å²) in [5.74, 6) is -1.82. The molecule has 3 rings (SSSR count). The van der Waals surface area contributed by atoms with Gasteiger partial charge in [0.2, 0.25) is 11.8 Å². The fraction of sp³-hybridized carbons (Fsp3) is 0.467. The van der Waals surface area contributed by atoms with Crippen molar-refractivity contribution >= 4 is 29.5 Å². The van der Waals surface area contributed by atoms with E-state index in [2.05, 4.69) is 10.6 Å². The van der Waals surface area contributed by atoms with Crippen molar-refractivity contribution in [1.82, 2.24) is 10.2 Å². The molecule has 4 amide bonds. The topological polar surface area (TPSA) is 151 Å². The third-order valence-electron chi connectivity index (χ3n) is 6.91. The molecule has 10 nitrogen and oxygen atoms in total. The number of nitrogens with two attached hydrogens (primary N) is 1. The summed E-state index contributed by atoms with van der Waals surface area (Å²) < 4.78 is 5.33. The lowest BCUT2D eigenvalue weighted by Crippen LogP contribution is -2.57. The molecule has 10 heteroatoms. The molecule has 1 saturated carbocycles. The molecule has 0 aromatic heterocycles. The molecule has 0 bridgehead atoms. The molecule has 2 aromatic carbocycles. The number of para-hydroxylation sites is 1. The SMILES string of the molecule is Cc1cc(C(C(=O)Nc2c(C)cccc2C)N(C(=O)C(CC(N)=O)NC(=O)OC(C)(C)C)C2CCC2)ccc1O. The minimum absolute atomic E-state index is 0.0531. The average Bonchev–Trinajstić information content (AvgIpc) is 2.79. The van der Waals surface area contributed by atoms with Gasteiger partial charge < -0.3 is 31.1 Å². The number of carbonyl (C=O) groups is 4. The number of aromatic hydroxyl groups is 1. The number of nitrogens with one attached hydrogen (secondary N) is 2. The van der Waals surface area contributed by atoms with Crippen molar-refractivity contribution in [2.75, 3.05) is 5.32 Å². The zero-order chi connectivity index (χ0) is 29.8. The highest BCUT2D eigenvalue weighted by atomic mass is 16.6. The number of ether oxygens (including phenoxy) is 1. The van der Waals surface area contributed by atoms with Gasteiger partial charge in [-0.3, -0.25) is 14.4 Å². The van der Waals surface area contributed by atoms with Gasteiger partial charge in [0.1, 0.15) is 23.4 Å². The van der Waals surface area contributed by atoms with Crippen LogP contribution < -0.4 is 16.4 Å². The lowest BCUT2D eigenvalue weighted by molar-refractivity contribution is -0.146. The van der Waals surface area contributed by atoms with E-state index in [-0.39, 0.29) is 11.8 Å². The normalized spacial score (nSPS) is 14.8. The number of primary amides is 1. The lowest BCUT2D eigenvalue weighted by Gasteiger charge is -2.43. The predicted molar refractivity (Wildman–Crippen MR) is 152 cm³/mol. The van der Waals surface area contributed by atoms with Gasteiger partial charge in [0.15, 0.2) is 0 Å². The number of rotatable bonds is 9. The number of benzene rings is 2. The largest absolute Gasteiger partial charge is 0.508 e. The van der Waals surface area contributed by atoms with Crippen molar-refractivity contribution in [1.29, 1.82) is 0 Å². The van der Waals surface area contributed by atoms with Crippen LogP contribution in [0.4, 0.5) is 10.5 Å². The number of hydrogen-bond donors (Lipinski definition) is 4. The number of phenols is 1. The molecule has 1 aliphatic carbocycles. The first kappa shape index (κ1) is 30.5. The molecule has 0 spiro atoms. The number of phenolic OH excluding ortho intramolecular Hbond substituents is 1. The first-order chi connectivity index (χ1) is 18.7. The van der Waals surface area contributed by atoms with Gasteiger partial charge in [-0.15, -0.1) is 0 Å². The molecule has 2 atom stereocenters. The highest BCUT2D eigenvalue weighted by Crippen LogP contribution is 2.36. The van der Waals surface area contributed by atoms with Crippen LogP contribution in [0.3, 0.4) is 0 Å². The second-order valence-corrected chi connectivity index (χ2v) is 11.4. The van der Waals surface area contributed by atoms with Gasteiger partial charge in [0, 0.05) is 11.7 Å². The van der Waals surface area contributed by atoms with Crippen LogP contribution in [0.15, 0.2) is 36.4 Å². The second-order valence-electron chi connectivity index (χ2n) is 11.4. The predicted octanol–water partition coefficient (Wildman–Crippen LogP) is 4.15. The minimum Gasteiger partial charge on any atom is -0.508 e. The highest BCUT2D eigenvalue weighted by Gasteiger charge is 2.42. The van der Waals surface area contributed by atoms with Crippen molar-refractivity contribution in [2.45, 2.75) is 91.0 Å². The molecule has 1 fully saturated rings. The van der Waals surface area contributed by atoms with E-state index in [9.17, 15) is 24.3 Å². The summed E-state index contributed by atoms with van der Waals surface area (Å²) in [5, 5.41) is 15.7. The number of nitrogens with zero attached hydrogens (tertiary/aromatic N) is 1. The Kier molecular flexibility index (Phi) is 9.44. The quantitative estimate of drug-likeness (QED) is 0.367.